The molecule has 6 nitrogen and oxygen atoms in total. The molecule has 3 aromatic heterocycles. The molecule has 0 fully saturated rings. The Bertz CT molecular complexity index is 993. The lowest BCUT2D eigenvalue weighted by molar-refractivity contribution is 0.415. The van der Waals surface area contributed by atoms with E-state index in [4.69, 9.17) is 10.5 Å². The van der Waals surface area contributed by atoms with Crippen LogP contribution in [0.3, 0.4) is 0 Å². The number of fused-ring (bicyclic) bond motifs is 1. The zero-order valence-electron chi connectivity index (χ0n) is 13.0. The minimum Gasteiger partial charge on any atom is -0.497 e. The van der Waals surface area contributed by atoms with Crippen molar-refractivity contribution in [1.29, 1.82) is 0 Å². The fraction of sp³-hybridized carbons (Fsp3) is 0.0556. The highest BCUT2D eigenvalue weighted by Gasteiger charge is 2.15. The number of rotatable bonds is 3. The van der Waals surface area contributed by atoms with E-state index in [2.05, 4.69) is 15.1 Å². The van der Waals surface area contributed by atoms with Crippen molar-refractivity contribution in [3.8, 4) is 28.1 Å². The Morgan fingerprint density at radius 3 is 2.54 bits per heavy atom. The van der Waals surface area contributed by atoms with E-state index in [0.29, 0.717) is 11.5 Å². The standard InChI is InChI=1S/C18H15N5O/c1-24-14-7-5-12(6-8-14)13-10-21-18-16(15-4-2-3-9-20-15)17(19)22-23(18)11-13/h2-11H,1H3,(H2,19,22). The number of methoxy groups -OCH3 is 1. The van der Waals surface area contributed by atoms with E-state index in [0.717, 1.165) is 28.1 Å². The Balaban J connectivity index is 1.82. The zero-order chi connectivity index (χ0) is 16.5. The first-order valence-corrected chi connectivity index (χ1v) is 7.46. The number of anilines is 1. The van der Waals surface area contributed by atoms with Gasteiger partial charge in [-0.25, -0.2) is 9.50 Å². The van der Waals surface area contributed by atoms with Gasteiger partial charge in [-0.2, -0.15) is 0 Å². The summed E-state index contributed by atoms with van der Waals surface area (Å²) in [5.74, 6) is 1.22. The van der Waals surface area contributed by atoms with Crippen LogP contribution < -0.4 is 10.5 Å². The van der Waals surface area contributed by atoms with Crippen molar-refractivity contribution in [3.05, 3.63) is 61.1 Å². The Morgan fingerprint density at radius 1 is 1.00 bits per heavy atom. The Morgan fingerprint density at radius 2 is 1.83 bits per heavy atom. The summed E-state index contributed by atoms with van der Waals surface area (Å²) in [4.78, 5) is 8.89. The van der Waals surface area contributed by atoms with Crippen molar-refractivity contribution in [2.45, 2.75) is 0 Å². The smallest absolute Gasteiger partial charge is 0.166 e. The van der Waals surface area contributed by atoms with Crippen molar-refractivity contribution < 1.29 is 4.74 Å². The molecular weight excluding hydrogens is 302 g/mol. The Labute approximate surface area is 138 Å². The number of hydrogen-bond donors (Lipinski definition) is 1. The van der Waals surface area contributed by atoms with Gasteiger partial charge in [-0.3, -0.25) is 4.98 Å². The molecule has 4 aromatic rings. The number of pyridine rings is 1. The van der Waals surface area contributed by atoms with Gasteiger partial charge in [0.1, 0.15) is 5.75 Å². The summed E-state index contributed by atoms with van der Waals surface area (Å²) in [5, 5.41) is 4.38. The molecule has 0 amide bonds. The van der Waals surface area contributed by atoms with Crippen LogP contribution in [-0.4, -0.2) is 26.7 Å². The van der Waals surface area contributed by atoms with E-state index >= 15 is 0 Å². The van der Waals surface area contributed by atoms with E-state index in [1.807, 2.05) is 54.9 Å². The van der Waals surface area contributed by atoms with E-state index in [1.54, 1.807) is 17.8 Å². The molecule has 0 radical (unpaired) electrons. The van der Waals surface area contributed by atoms with Gasteiger partial charge in [0.25, 0.3) is 0 Å². The first-order valence-electron chi connectivity index (χ1n) is 7.46. The van der Waals surface area contributed by atoms with Crippen molar-refractivity contribution >= 4 is 11.5 Å². The number of benzene rings is 1. The molecule has 0 bridgehead atoms. The molecule has 0 aliphatic heterocycles. The number of nitrogens with zero attached hydrogens (tertiary/aromatic N) is 4. The molecule has 0 saturated carbocycles. The summed E-state index contributed by atoms with van der Waals surface area (Å²) in [6.07, 6.45) is 5.45. The summed E-state index contributed by atoms with van der Waals surface area (Å²) in [5.41, 5.74) is 10.2. The predicted octanol–water partition coefficient (Wildman–Crippen LogP) is 3.05. The molecule has 0 saturated heterocycles. The number of ether oxygens (including phenoxy) is 1. The molecule has 24 heavy (non-hydrogen) atoms. The highest BCUT2D eigenvalue weighted by Crippen LogP contribution is 2.29. The molecule has 1 aromatic carbocycles. The van der Waals surface area contributed by atoms with E-state index in [9.17, 15) is 0 Å². The molecule has 2 N–H and O–H groups in total. The van der Waals surface area contributed by atoms with Crippen molar-refractivity contribution in [1.82, 2.24) is 19.6 Å². The molecule has 118 valence electrons. The molecule has 3 heterocycles. The molecule has 0 spiro atoms. The van der Waals surface area contributed by atoms with Crippen LogP contribution in [0.5, 0.6) is 5.75 Å². The quantitative estimate of drug-likeness (QED) is 0.628. The third-order valence-electron chi connectivity index (χ3n) is 3.84. The third kappa shape index (κ3) is 2.34. The lowest BCUT2D eigenvalue weighted by Gasteiger charge is -2.04. The SMILES string of the molecule is COc1ccc(-c2cnc3c(-c4ccccn4)c(N)nn3c2)cc1. The fourth-order valence-electron chi connectivity index (χ4n) is 2.64. The molecule has 4 rings (SSSR count). The van der Waals surface area contributed by atoms with Crippen molar-refractivity contribution in [3.63, 3.8) is 0 Å². The third-order valence-corrected chi connectivity index (χ3v) is 3.84. The van der Waals surface area contributed by atoms with E-state index < -0.39 is 0 Å². The van der Waals surface area contributed by atoms with E-state index in [1.165, 1.54) is 0 Å². The number of nitrogens with two attached hydrogens (primary N) is 1. The van der Waals surface area contributed by atoms with Crippen molar-refractivity contribution in [2.24, 2.45) is 0 Å². The van der Waals surface area contributed by atoms with Crippen LogP contribution in [-0.2, 0) is 0 Å². The van der Waals surface area contributed by atoms with Gasteiger partial charge in [-0.1, -0.05) is 18.2 Å². The van der Waals surface area contributed by atoms with Gasteiger partial charge in [0.15, 0.2) is 11.5 Å². The largest absolute Gasteiger partial charge is 0.497 e. The first kappa shape index (κ1) is 14.2. The lowest BCUT2D eigenvalue weighted by Crippen LogP contribution is -1.92. The van der Waals surface area contributed by atoms with Crippen LogP contribution in [0, 0.1) is 0 Å². The van der Waals surface area contributed by atoms with Crippen LogP contribution in [0.2, 0.25) is 0 Å². The van der Waals surface area contributed by atoms with Gasteiger partial charge < -0.3 is 10.5 Å². The Kier molecular flexibility index (Phi) is 3.35. The van der Waals surface area contributed by atoms with Gasteiger partial charge in [0.2, 0.25) is 0 Å². The van der Waals surface area contributed by atoms with Gasteiger partial charge >= 0.3 is 0 Å². The second-order valence-corrected chi connectivity index (χ2v) is 5.31. The number of nitrogen functional groups attached to an aromatic ring is 1. The molecular formula is C18H15N5O. The Hall–Kier alpha value is -3.41. The fourth-order valence-corrected chi connectivity index (χ4v) is 2.64. The monoisotopic (exact) mass is 317 g/mol. The maximum absolute atomic E-state index is 6.08. The normalized spacial score (nSPS) is 10.9. The molecule has 0 unspecified atom stereocenters. The first-order chi connectivity index (χ1) is 11.8. The molecule has 0 aliphatic rings. The maximum atomic E-state index is 6.08. The van der Waals surface area contributed by atoms with Crippen LogP contribution in [0.4, 0.5) is 5.82 Å². The summed E-state index contributed by atoms with van der Waals surface area (Å²) >= 11 is 0. The summed E-state index contributed by atoms with van der Waals surface area (Å²) in [7, 11) is 1.65. The van der Waals surface area contributed by atoms with Gasteiger partial charge in [0.05, 0.1) is 18.4 Å². The van der Waals surface area contributed by atoms with Crippen LogP contribution in [0.15, 0.2) is 61.1 Å². The highest BCUT2D eigenvalue weighted by atomic mass is 16.5. The highest BCUT2D eigenvalue weighted by molar-refractivity contribution is 5.84. The molecule has 6 heteroatoms. The maximum Gasteiger partial charge on any atom is 0.166 e. The van der Waals surface area contributed by atoms with Crippen molar-refractivity contribution in [2.75, 3.05) is 12.8 Å². The van der Waals surface area contributed by atoms with Crippen LogP contribution in [0.1, 0.15) is 0 Å². The summed E-state index contributed by atoms with van der Waals surface area (Å²) < 4.78 is 6.88. The number of hydrogen-bond acceptors (Lipinski definition) is 5. The molecule has 0 atom stereocenters. The predicted molar refractivity (Wildman–Crippen MR) is 92.6 cm³/mol. The van der Waals surface area contributed by atoms with Gasteiger partial charge in [0, 0.05) is 24.2 Å². The van der Waals surface area contributed by atoms with Gasteiger partial charge in [-0.15, -0.1) is 5.10 Å². The second-order valence-electron chi connectivity index (χ2n) is 5.31. The summed E-state index contributed by atoms with van der Waals surface area (Å²) in [6, 6.07) is 13.5. The zero-order valence-corrected chi connectivity index (χ0v) is 13.0. The topological polar surface area (TPSA) is 78.3 Å². The average molecular weight is 317 g/mol. The number of aromatic nitrogens is 4. The second kappa shape index (κ2) is 5.66. The lowest BCUT2D eigenvalue weighted by atomic mass is 10.1. The average Bonchev–Trinajstić information content (AvgIpc) is 2.97. The van der Waals surface area contributed by atoms with E-state index in [-0.39, 0.29) is 0 Å². The van der Waals surface area contributed by atoms with Crippen LogP contribution in [0.25, 0.3) is 28.0 Å². The van der Waals surface area contributed by atoms with Crippen LogP contribution >= 0.6 is 0 Å². The minimum atomic E-state index is 0.410. The van der Waals surface area contributed by atoms with Gasteiger partial charge in [-0.05, 0) is 29.8 Å². The summed E-state index contributed by atoms with van der Waals surface area (Å²) in [6.45, 7) is 0. The minimum absolute atomic E-state index is 0.410. The molecule has 0 aliphatic carbocycles.